The van der Waals surface area contributed by atoms with E-state index in [1.807, 2.05) is 13.1 Å². The lowest BCUT2D eigenvalue weighted by molar-refractivity contribution is 0.489. The molecule has 0 bridgehead atoms. The summed E-state index contributed by atoms with van der Waals surface area (Å²) in [5.74, 6) is 0.968. The molecule has 3 rings (SSSR count). The van der Waals surface area contributed by atoms with Gasteiger partial charge in [0, 0.05) is 5.39 Å². The summed E-state index contributed by atoms with van der Waals surface area (Å²) in [6.07, 6.45) is 0. The predicted octanol–water partition coefficient (Wildman–Crippen LogP) is 4.67. The molecule has 21 heavy (non-hydrogen) atoms. The van der Waals surface area contributed by atoms with Gasteiger partial charge < -0.3 is 9.73 Å². The molecule has 0 saturated carbocycles. The fourth-order valence-electron chi connectivity index (χ4n) is 3.04. The van der Waals surface area contributed by atoms with Gasteiger partial charge in [-0.15, -0.1) is 0 Å². The number of benzene rings is 2. The van der Waals surface area contributed by atoms with Crippen molar-refractivity contribution >= 4 is 11.0 Å². The second-order valence-electron chi connectivity index (χ2n) is 5.72. The summed E-state index contributed by atoms with van der Waals surface area (Å²) >= 11 is 0. The number of furan rings is 1. The molecule has 0 aliphatic rings. The van der Waals surface area contributed by atoms with E-state index in [1.165, 1.54) is 22.3 Å². The van der Waals surface area contributed by atoms with Gasteiger partial charge in [-0.1, -0.05) is 29.8 Å². The predicted molar refractivity (Wildman–Crippen MR) is 87.8 cm³/mol. The van der Waals surface area contributed by atoms with Gasteiger partial charge in [0.15, 0.2) is 0 Å². The molecule has 0 saturated heterocycles. The average Bonchev–Trinajstić information content (AvgIpc) is 2.85. The van der Waals surface area contributed by atoms with Crippen LogP contribution in [0.15, 0.2) is 46.9 Å². The highest BCUT2D eigenvalue weighted by molar-refractivity contribution is 5.79. The molecule has 2 heteroatoms. The van der Waals surface area contributed by atoms with Gasteiger partial charge in [-0.05, 0) is 62.7 Å². The lowest BCUT2D eigenvalue weighted by atomic mass is 9.94. The number of hydrogen-bond donors (Lipinski definition) is 1. The smallest absolute Gasteiger partial charge is 0.134 e. The number of fused-ring (bicyclic) bond motifs is 1. The Morgan fingerprint density at radius 3 is 2.33 bits per heavy atom. The van der Waals surface area contributed by atoms with Crippen molar-refractivity contribution in [1.29, 1.82) is 0 Å². The third-order valence-electron chi connectivity index (χ3n) is 4.09. The molecule has 1 aromatic heterocycles. The first kappa shape index (κ1) is 13.9. The number of nitrogens with one attached hydrogen (secondary N) is 1. The summed E-state index contributed by atoms with van der Waals surface area (Å²) in [6, 6.07) is 14.9. The molecule has 0 amide bonds. The molecule has 0 fully saturated rings. The molecule has 1 atom stereocenters. The monoisotopic (exact) mass is 279 g/mol. The van der Waals surface area contributed by atoms with E-state index in [0.29, 0.717) is 0 Å². The van der Waals surface area contributed by atoms with Crippen molar-refractivity contribution in [3.05, 3.63) is 70.5 Å². The molecule has 3 aromatic rings. The molecule has 2 aromatic carbocycles. The van der Waals surface area contributed by atoms with Crippen molar-refractivity contribution in [1.82, 2.24) is 5.32 Å². The van der Waals surface area contributed by atoms with Crippen LogP contribution < -0.4 is 5.32 Å². The summed E-state index contributed by atoms with van der Waals surface area (Å²) in [4.78, 5) is 0. The van der Waals surface area contributed by atoms with Crippen molar-refractivity contribution in [3.63, 3.8) is 0 Å². The van der Waals surface area contributed by atoms with Crippen LogP contribution in [-0.2, 0) is 0 Å². The summed E-state index contributed by atoms with van der Waals surface area (Å²) in [6.45, 7) is 6.41. The largest absolute Gasteiger partial charge is 0.459 e. The van der Waals surface area contributed by atoms with Gasteiger partial charge in [-0.2, -0.15) is 0 Å². The summed E-state index contributed by atoms with van der Waals surface area (Å²) in [5.41, 5.74) is 6.07. The molecule has 0 aliphatic carbocycles. The molecular weight excluding hydrogens is 258 g/mol. The van der Waals surface area contributed by atoms with Crippen molar-refractivity contribution in [3.8, 4) is 0 Å². The number of hydrogen-bond acceptors (Lipinski definition) is 2. The van der Waals surface area contributed by atoms with Crippen LogP contribution in [-0.4, -0.2) is 7.05 Å². The zero-order valence-corrected chi connectivity index (χ0v) is 13.0. The molecule has 1 unspecified atom stereocenters. The first-order valence-electron chi connectivity index (χ1n) is 7.33. The lowest BCUT2D eigenvalue weighted by Gasteiger charge is -2.19. The Hall–Kier alpha value is -2.06. The zero-order chi connectivity index (χ0) is 15.0. The summed E-state index contributed by atoms with van der Waals surface area (Å²) in [5, 5.41) is 4.56. The van der Waals surface area contributed by atoms with Crippen molar-refractivity contribution in [2.24, 2.45) is 0 Å². The highest BCUT2D eigenvalue weighted by atomic mass is 16.3. The number of aryl methyl sites for hydroxylation is 3. The van der Waals surface area contributed by atoms with Crippen LogP contribution in [0.5, 0.6) is 0 Å². The van der Waals surface area contributed by atoms with E-state index >= 15 is 0 Å². The Morgan fingerprint density at radius 2 is 1.67 bits per heavy atom. The molecular formula is C19H21NO. The maximum Gasteiger partial charge on any atom is 0.134 e. The first-order valence-corrected chi connectivity index (χ1v) is 7.33. The van der Waals surface area contributed by atoms with Gasteiger partial charge in [0.1, 0.15) is 11.3 Å². The van der Waals surface area contributed by atoms with Gasteiger partial charge in [-0.25, -0.2) is 0 Å². The molecule has 0 aliphatic heterocycles. The van der Waals surface area contributed by atoms with E-state index in [1.54, 1.807) is 0 Å². The third kappa shape index (κ3) is 2.47. The van der Waals surface area contributed by atoms with Crippen LogP contribution in [0.3, 0.4) is 0 Å². The topological polar surface area (TPSA) is 25.2 Å². The third-order valence-corrected chi connectivity index (χ3v) is 4.09. The van der Waals surface area contributed by atoms with E-state index in [-0.39, 0.29) is 6.04 Å². The van der Waals surface area contributed by atoms with Gasteiger partial charge in [0.25, 0.3) is 0 Å². The van der Waals surface area contributed by atoms with Crippen molar-refractivity contribution in [2.75, 3.05) is 7.05 Å². The Labute approximate surface area is 125 Å². The van der Waals surface area contributed by atoms with E-state index in [2.05, 4.69) is 62.5 Å². The maximum absolute atomic E-state index is 6.08. The van der Waals surface area contributed by atoms with Crippen LogP contribution >= 0.6 is 0 Å². The van der Waals surface area contributed by atoms with Crippen molar-refractivity contribution in [2.45, 2.75) is 26.8 Å². The van der Waals surface area contributed by atoms with E-state index in [4.69, 9.17) is 4.42 Å². The minimum absolute atomic E-state index is 0.0823. The summed E-state index contributed by atoms with van der Waals surface area (Å²) < 4.78 is 6.08. The van der Waals surface area contributed by atoms with Crippen LogP contribution in [0.4, 0.5) is 0 Å². The molecule has 2 nitrogen and oxygen atoms in total. The molecule has 0 radical (unpaired) electrons. The Kier molecular flexibility index (Phi) is 3.56. The van der Waals surface area contributed by atoms with Crippen LogP contribution in [0, 0.1) is 20.8 Å². The van der Waals surface area contributed by atoms with Crippen LogP contribution in [0.1, 0.15) is 34.1 Å². The van der Waals surface area contributed by atoms with E-state index in [9.17, 15) is 0 Å². The first-order chi connectivity index (χ1) is 10.1. The quantitative estimate of drug-likeness (QED) is 0.754. The molecule has 0 spiro atoms. The average molecular weight is 279 g/mol. The fourth-order valence-corrected chi connectivity index (χ4v) is 3.04. The Bertz CT molecular complexity index is 765. The Balaban J connectivity index is 2.14. The van der Waals surface area contributed by atoms with Crippen molar-refractivity contribution < 1.29 is 4.42 Å². The molecule has 108 valence electrons. The van der Waals surface area contributed by atoms with Gasteiger partial charge in [0.2, 0.25) is 0 Å². The zero-order valence-electron chi connectivity index (χ0n) is 13.0. The van der Waals surface area contributed by atoms with Crippen LogP contribution in [0.25, 0.3) is 11.0 Å². The fraction of sp³-hybridized carbons (Fsp3) is 0.263. The highest BCUT2D eigenvalue weighted by Crippen LogP contribution is 2.31. The molecule has 1 heterocycles. The van der Waals surface area contributed by atoms with Gasteiger partial charge in [0.05, 0.1) is 6.04 Å². The summed E-state index contributed by atoms with van der Waals surface area (Å²) in [7, 11) is 1.98. The normalized spacial score (nSPS) is 12.8. The van der Waals surface area contributed by atoms with E-state index in [0.717, 1.165) is 16.7 Å². The Morgan fingerprint density at radius 1 is 0.952 bits per heavy atom. The minimum Gasteiger partial charge on any atom is -0.459 e. The number of rotatable bonds is 3. The minimum atomic E-state index is 0.0823. The van der Waals surface area contributed by atoms with E-state index < -0.39 is 0 Å². The second kappa shape index (κ2) is 5.38. The van der Waals surface area contributed by atoms with Crippen LogP contribution in [0.2, 0.25) is 0 Å². The second-order valence-corrected chi connectivity index (χ2v) is 5.72. The molecule has 1 N–H and O–H groups in total. The SMILES string of the molecule is CNC(c1cc2cc(C)ccc2o1)c1c(C)cccc1C. The van der Waals surface area contributed by atoms with Gasteiger partial charge in [-0.3, -0.25) is 0 Å². The highest BCUT2D eigenvalue weighted by Gasteiger charge is 2.20. The maximum atomic E-state index is 6.08. The lowest BCUT2D eigenvalue weighted by Crippen LogP contribution is -2.19. The standard InChI is InChI=1S/C19H21NO/c1-12-8-9-16-15(10-12)11-17(21-16)19(20-4)18-13(2)6-5-7-14(18)3/h5-11,19-20H,1-4H3. The van der Waals surface area contributed by atoms with Gasteiger partial charge >= 0.3 is 0 Å².